The predicted octanol–water partition coefficient (Wildman–Crippen LogP) is 2.87. The standard InChI is InChI=1S/C13H8N2O6/c16-13(17)11-9(8-4-2-1-3-5-8)6-7-10(14(18)19)12(11)15(20)21/h1-7H,(H,16,17). The molecule has 0 unspecified atom stereocenters. The lowest BCUT2D eigenvalue weighted by Gasteiger charge is -2.07. The van der Waals surface area contributed by atoms with Crippen LogP contribution in [-0.2, 0) is 0 Å². The van der Waals surface area contributed by atoms with E-state index in [-0.39, 0.29) is 5.56 Å². The lowest BCUT2D eigenvalue weighted by Crippen LogP contribution is -2.08. The number of carbonyl (C=O) groups is 1. The minimum atomic E-state index is -1.59. The molecule has 0 radical (unpaired) electrons. The van der Waals surface area contributed by atoms with Crippen molar-refractivity contribution in [2.24, 2.45) is 0 Å². The van der Waals surface area contributed by atoms with Gasteiger partial charge in [-0.1, -0.05) is 30.3 Å². The first kappa shape index (κ1) is 14.1. The van der Waals surface area contributed by atoms with Gasteiger partial charge in [-0.15, -0.1) is 0 Å². The minimum absolute atomic E-state index is 0.0559. The third kappa shape index (κ3) is 2.54. The molecule has 0 saturated carbocycles. The quantitative estimate of drug-likeness (QED) is 0.681. The maximum absolute atomic E-state index is 11.4. The summed E-state index contributed by atoms with van der Waals surface area (Å²) in [5.74, 6) is -1.59. The fourth-order valence-electron chi connectivity index (χ4n) is 1.99. The van der Waals surface area contributed by atoms with Gasteiger partial charge in [0.1, 0.15) is 0 Å². The van der Waals surface area contributed by atoms with Gasteiger partial charge in [0.05, 0.1) is 9.85 Å². The fraction of sp³-hybridized carbons (Fsp3) is 0. The molecule has 0 aliphatic heterocycles. The normalized spacial score (nSPS) is 10.1. The molecule has 0 aliphatic carbocycles. The van der Waals surface area contributed by atoms with Crippen molar-refractivity contribution in [2.75, 3.05) is 0 Å². The van der Waals surface area contributed by atoms with E-state index < -0.39 is 32.8 Å². The summed E-state index contributed by atoms with van der Waals surface area (Å²) in [5.41, 5.74) is -2.08. The molecule has 0 amide bonds. The van der Waals surface area contributed by atoms with Crippen LogP contribution in [-0.4, -0.2) is 20.9 Å². The molecule has 21 heavy (non-hydrogen) atoms. The van der Waals surface area contributed by atoms with Crippen molar-refractivity contribution >= 4 is 17.3 Å². The van der Waals surface area contributed by atoms with E-state index in [2.05, 4.69) is 0 Å². The van der Waals surface area contributed by atoms with Crippen LogP contribution in [0.2, 0.25) is 0 Å². The average molecular weight is 288 g/mol. The van der Waals surface area contributed by atoms with E-state index in [1.165, 1.54) is 6.07 Å². The van der Waals surface area contributed by atoms with Crippen LogP contribution in [0.5, 0.6) is 0 Å². The predicted molar refractivity (Wildman–Crippen MR) is 72.1 cm³/mol. The summed E-state index contributed by atoms with van der Waals surface area (Å²) in [6.07, 6.45) is 0. The van der Waals surface area contributed by atoms with Crippen LogP contribution in [0, 0.1) is 20.2 Å². The molecule has 8 heteroatoms. The number of nitrogens with zero attached hydrogens (tertiary/aromatic N) is 2. The largest absolute Gasteiger partial charge is 0.477 e. The SMILES string of the molecule is O=C(O)c1c(-c2ccccc2)ccc([N+](=O)[O-])c1[N+](=O)[O-]. The van der Waals surface area contributed by atoms with E-state index in [9.17, 15) is 30.1 Å². The number of carboxylic acids is 1. The Morgan fingerprint density at radius 2 is 1.57 bits per heavy atom. The molecule has 0 saturated heterocycles. The van der Waals surface area contributed by atoms with Crippen molar-refractivity contribution in [3.05, 3.63) is 68.3 Å². The maximum atomic E-state index is 11.4. The van der Waals surface area contributed by atoms with Gasteiger partial charge in [0.2, 0.25) is 0 Å². The highest BCUT2D eigenvalue weighted by Crippen LogP contribution is 2.37. The van der Waals surface area contributed by atoms with Gasteiger partial charge in [-0.2, -0.15) is 0 Å². The Morgan fingerprint density at radius 1 is 0.952 bits per heavy atom. The number of aromatic carboxylic acids is 1. The first-order chi connectivity index (χ1) is 9.93. The van der Waals surface area contributed by atoms with Gasteiger partial charge in [-0.25, -0.2) is 4.79 Å². The highest BCUT2D eigenvalue weighted by Gasteiger charge is 2.34. The van der Waals surface area contributed by atoms with E-state index in [1.54, 1.807) is 30.3 Å². The summed E-state index contributed by atoms with van der Waals surface area (Å²) in [7, 11) is 0. The van der Waals surface area contributed by atoms with E-state index in [4.69, 9.17) is 0 Å². The van der Waals surface area contributed by atoms with Crippen molar-refractivity contribution < 1.29 is 19.7 Å². The molecule has 2 aromatic rings. The lowest BCUT2D eigenvalue weighted by atomic mass is 9.97. The lowest BCUT2D eigenvalue weighted by molar-refractivity contribution is -0.422. The van der Waals surface area contributed by atoms with Crippen LogP contribution in [0.1, 0.15) is 10.4 Å². The highest BCUT2D eigenvalue weighted by atomic mass is 16.6. The summed E-state index contributed by atoms with van der Waals surface area (Å²) in [4.78, 5) is 31.3. The molecule has 0 bridgehead atoms. The molecule has 106 valence electrons. The number of rotatable bonds is 4. The Labute approximate surface area is 117 Å². The van der Waals surface area contributed by atoms with Crippen LogP contribution < -0.4 is 0 Å². The number of benzene rings is 2. The zero-order chi connectivity index (χ0) is 15.6. The summed E-state index contributed by atoms with van der Waals surface area (Å²) in [6, 6.07) is 10.2. The Kier molecular flexibility index (Phi) is 3.61. The van der Waals surface area contributed by atoms with Gasteiger partial charge in [-0.3, -0.25) is 20.2 Å². The second kappa shape index (κ2) is 5.37. The Hall–Kier alpha value is -3.29. The van der Waals surface area contributed by atoms with Crippen molar-refractivity contribution in [2.45, 2.75) is 0 Å². The third-order valence-electron chi connectivity index (χ3n) is 2.83. The van der Waals surface area contributed by atoms with Gasteiger partial charge >= 0.3 is 17.3 Å². The highest BCUT2D eigenvalue weighted by molar-refractivity contribution is 6.02. The molecular formula is C13H8N2O6. The molecule has 0 atom stereocenters. The Balaban J connectivity index is 2.86. The second-order valence-corrected chi connectivity index (χ2v) is 4.04. The van der Waals surface area contributed by atoms with Gasteiger partial charge in [0.15, 0.2) is 5.56 Å². The van der Waals surface area contributed by atoms with Gasteiger partial charge in [0, 0.05) is 11.6 Å². The van der Waals surface area contributed by atoms with E-state index >= 15 is 0 Å². The van der Waals surface area contributed by atoms with Crippen LogP contribution in [0.15, 0.2) is 42.5 Å². The minimum Gasteiger partial charge on any atom is -0.477 e. The second-order valence-electron chi connectivity index (χ2n) is 4.04. The third-order valence-corrected chi connectivity index (χ3v) is 2.83. The molecular weight excluding hydrogens is 280 g/mol. The molecule has 1 N–H and O–H groups in total. The van der Waals surface area contributed by atoms with Crippen LogP contribution in [0.3, 0.4) is 0 Å². The average Bonchev–Trinajstić information content (AvgIpc) is 2.46. The molecule has 0 heterocycles. The van der Waals surface area contributed by atoms with E-state index in [0.717, 1.165) is 6.07 Å². The molecule has 8 nitrogen and oxygen atoms in total. The molecule has 0 spiro atoms. The van der Waals surface area contributed by atoms with Gasteiger partial charge in [0.25, 0.3) is 0 Å². The molecule has 0 fully saturated rings. The van der Waals surface area contributed by atoms with Crippen molar-refractivity contribution in [1.29, 1.82) is 0 Å². The fourth-order valence-corrected chi connectivity index (χ4v) is 1.99. The van der Waals surface area contributed by atoms with E-state index in [0.29, 0.717) is 5.56 Å². The molecule has 2 aromatic carbocycles. The summed E-state index contributed by atoms with van der Waals surface area (Å²) >= 11 is 0. The van der Waals surface area contributed by atoms with Gasteiger partial charge < -0.3 is 5.11 Å². The Bertz CT molecular complexity index is 742. The van der Waals surface area contributed by atoms with Crippen LogP contribution in [0.25, 0.3) is 11.1 Å². The first-order valence-corrected chi connectivity index (χ1v) is 5.68. The number of hydrogen-bond donors (Lipinski definition) is 1. The van der Waals surface area contributed by atoms with Crippen LogP contribution >= 0.6 is 0 Å². The zero-order valence-corrected chi connectivity index (χ0v) is 10.4. The molecule has 0 aromatic heterocycles. The van der Waals surface area contributed by atoms with Crippen LogP contribution in [0.4, 0.5) is 11.4 Å². The van der Waals surface area contributed by atoms with Gasteiger partial charge in [-0.05, 0) is 11.6 Å². The summed E-state index contributed by atoms with van der Waals surface area (Å²) in [5, 5.41) is 31.2. The summed E-state index contributed by atoms with van der Waals surface area (Å²) < 4.78 is 0. The first-order valence-electron chi connectivity index (χ1n) is 5.68. The summed E-state index contributed by atoms with van der Waals surface area (Å²) in [6.45, 7) is 0. The molecule has 0 aliphatic rings. The Morgan fingerprint density at radius 3 is 2.05 bits per heavy atom. The monoisotopic (exact) mass is 288 g/mol. The number of carboxylic acid groups (broad SMARTS) is 1. The van der Waals surface area contributed by atoms with Crippen molar-refractivity contribution in [1.82, 2.24) is 0 Å². The molecule has 2 rings (SSSR count). The number of hydrogen-bond acceptors (Lipinski definition) is 5. The van der Waals surface area contributed by atoms with Crippen molar-refractivity contribution in [3.8, 4) is 11.1 Å². The topological polar surface area (TPSA) is 124 Å². The van der Waals surface area contributed by atoms with E-state index in [1.807, 2.05) is 0 Å². The zero-order valence-electron chi connectivity index (χ0n) is 10.4. The number of nitro groups is 2. The maximum Gasteiger partial charge on any atom is 0.361 e. The smallest absolute Gasteiger partial charge is 0.361 e. The number of nitro benzene ring substituents is 2. The van der Waals surface area contributed by atoms with Crippen molar-refractivity contribution in [3.63, 3.8) is 0 Å².